The summed E-state index contributed by atoms with van der Waals surface area (Å²) in [7, 11) is 0. The Kier molecular flexibility index (Phi) is 3.89. The summed E-state index contributed by atoms with van der Waals surface area (Å²) in [5.41, 5.74) is 0. The van der Waals surface area contributed by atoms with Gasteiger partial charge in [-0.3, -0.25) is 4.90 Å². The maximum Gasteiger partial charge on any atom is 0.241 e. The van der Waals surface area contributed by atoms with E-state index in [0.717, 1.165) is 6.54 Å². The highest BCUT2D eigenvalue weighted by Gasteiger charge is 2.13. The van der Waals surface area contributed by atoms with Crippen LogP contribution in [0.2, 0.25) is 0 Å². The number of aliphatic hydroxyl groups excluding tert-OH is 1. The molecule has 2 aromatic heterocycles. The van der Waals surface area contributed by atoms with Crippen LogP contribution in [0.3, 0.4) is 0 Å². The molecule has 0 unspecified atom stereocenters. The van der Waals surface area contributed by atoms with Gasteiger partial charge in [-0.1, -0.05) is 12.1 Å². The smallest absolute Gasteiger partial charge is 0.241 e. The van der Waals surface area contributed by atoms with Crippen LogP contribution in [0.1, 0.15) is 12.8 Å². The summed E-state index contributed by atoms with van der Waals surface area (Å²) >= 11 is 0. The van der Waals surface area contributed by atoms with Gasteiger partial charge in [0.1, 0.15) is 0 Å². The maximum atomic E-state index is 8.88. The van der Waals surface area contributed by atoms with Gasteiger partial charge in [-0.05, 0) is 18.7 Å². The highest BCUT2D eigenvalue weighted by molar-refractivity contribution is 5.44. The molecule has 92 valence electrons. The number of aliphatic hydroxyl groups is 1. The maximum absolute atomic E-state index is 8.88. The van der Waals surface area contributed by atoms with Crippen LogP contribution in [-0.4, -0.2) is 39.8 Å². The van der Waals surface area contributed by atoms with Crippen molar-refractivity contribution in [3.05, 3.63) is 24.3 Å². The Morgan fingerprint density at radius 3 is 3.00 bits per heavy atom. The van der Waals surface area contributed by atoms with E-state index in [9.17, 15) is 0 Å². The lowest BCUT2D eigenvalue weighted by Gasteiger charge is -2.15. The molecular weight excluding hydrogens is 222 g/mol. The van der Waals surface area contributed by atoms with Crippen molar-refractivity contribution < 1.29 is 14.0 Å². The first-order valence-electron chi connectivity index (χ1n) is 5.53. The van der Waals surface area contributed by atoms with E-state index >= 15 is 0 Å². The Bertz CT molecular complexity index is 439. The first-order valence-corrected chi connectivity index (χ1v) is 5.53. The van der Waals surface area contributed by atoms with E-state index < -0.39 is 0 Å². The zero-order chi connectivity index (χ0) is 12.1. The van der Waals surface area contributed by atoms with Crippen molar-refractivity contribution in [1.82, 2.24) is 15.0 Å². The average Bonchev–Trinajstić information content (AvgIpc) is 2.98. The van der Waals surface area contributed by atoms with Gasteiger partial charge in [-0.25, -0.2) is 0 Å². The van der Waals surface area contributed by atoms with Crippen molar-refractivity contribution in [1.29, 1.82) is 0 Å². The van der Waals surface area contributed by atoms with Crippen molar-refractivity contribution in [2.75, 3.05) is 19.7 Å². The third kappa shape index (κ3) is 2.92. The number of hydrogen-bond acceptors (Lipinski definition) is 6. The molecule has 0 amide bonds. The minimum absolute atomic E-state index is 0.118. The van der Waals surface area contributed by atoms with E-state index in [1.807, 2.05) is 11.8 Å². The average molecular weight is 237 g/mol. The molecule has 0 aromatic carbocycles. The lowest BCUT2D eigenvalue weighted by molar-refractivity contribution is 0.180. The first kappa shape index (κ1) is 11.8. The summed E-state index contributed by atoms with van der Waals surface area (Å²) in [4.78, 5) is 6.24. The lowest BCUT2D eigenvalue weighted by Crippen LogP contribution is -2.26. The van der Waals surface area contributed by atoms with Crippen LogP contribution in [0.15, 0.2) is 27.3 Å². The van der Waals surface area contributed by atoms with Crippen molar-refractivity contribution in [3.63, 3.8) is 0 Å². The van der Waals surface area contributed by atoms with Crippen LogP contribution in [0.5, 0.6) is 0 Å². The second kappa shape index (κ2) is 5.60. The normalized spacial score (nSPS) is 11.2. The number of likely N-dealkylation sites (N-methyl/N-ethyl adjacent to an activating group) is 1. The predicted octanol–water partition coefficient (Wildman–Crippen LogP) is 1.14. The zero-order valence-electron chi connectivity index (χ0n) is 9.67. The van der Waals surface area contributed by atoms with Crippen molar-refractivity contribution in [2.45, 2.75) is 13.5 Å². The van der Waals surface area contributed by atoms with Crippen molar-refractivity contribution in [2.24, 2.45) is 0 Å². The summed E-state index contributed by atoms with van der Waals surface area (Å²) in [6.45, 7) is 4.07. The third-order valence-electron chi connectivity index (χ3n) is 2.43. The molecule has 2 aromatic rings. The molecule has 2 heterocycles. The van der Waals surface area contributed by atoms with E-state index in [-0.39, 0.29) is 6.61 Å². The Morgan fingerprint density at radius 1 is 1.47 bits per heavy atom. The van der Waals surface area contributed by atoms with E-state index in [4.69, 9.17) is 14.0 Å². The monoisotopic (exact) mass is 237 g/mol. The summed E-state index contributed by atoms with van der Waals surface area (Å²) in [5.74, 6) is 1.56. The number of rotatable bonds is 6. The SMILES string of the molecule is CCN(CCO)Cc1nc(-c2ccco2)no1. The van der Waals surface area contributed by atoms with Crippen molar-refractivity contribution in [3.8, 4) is 11.6 Å². The Morgan fingerprint density at radius 2 is 2.35 bits per heavy atom. The standard InChI is InChI=1S/C11H15N3O3/c1-2-14(5-6-15)8-10-12-11(13-17-10)9-4-3-7-16-9/h3-4,7,15H,2,5-6,8H2,1H3. The second-order valence-electron chi connectivity index (χ2n) is 3.58. The molecule has 0 fully saturated rings. The van der Waals surface area contributed by atoms with Gasteiger partial charge in [-0.2, -0.15) is 4.98 Å². The van der Waals surface area contributed by atoms with Gasteiger partial charge >= 0.3 is 0 Å². The van der Waals surface area contributed by atoms with Crippen LogP contribution >= 0.6 is 0 Å². The minimum Gasteiger partial charge on any atom is -0.461 e. The predicted molar refractivity (Wildman–Crippen MR) is 60.0 cm³/mol. The van der Waals surface area contributed by atoms with Gasteiger partial charge < -0.3 is 14.0 Å². The number of nitrogens with zero attached hydrogens (tertiary/aromatic N) is 3. The molecule has 2 rings (SSSR count). The molecule has 0 aliphatic heterocycles. The fraction of sp³-hybridized carbons (Fsp3) is 0.455. The fourth-order valence-corrected chi connectivity index (χ4v) is 1.51. The highest BCUT2D eigenvalue weighted by Crippen LogP contribution is 2.16. The highest BCUT2D eigenvalue weighted by atomic mass is 16.5. The molecule has 0 bridgehead atoms. The van der Waals surface area contributed by atoms with Crippen LogP contribution in [0.4, 0.5) is 0 Å². The van der Waals surface area contributed by atoms with Crippen molar-refractivity contribution >= 4 is 0 Å². The second-order valence-corrected chi connectivity index (χ2v) is 3.58. The third-order valence-corrected chi connectivity index (χ3v) is 2.43. The molecule has 0 spiro atoms. The molecule has 6 heteroatoms. The van der Waals surface area contributed by atoms with Crippen LogP contribution in [0, 0.1) is 0 Å². The molecule has 17 heavy (non-hydrogen) atoms. The topological polar surface area (TPSA) is 75.5 Å². The van der Waals surface area contributed by atoms with Crippen LogP contribution in [-0.2, 0) is 6.54 Å². The number of hydrogen-bond donors (Lipinski definition) is 1. The van der Waals surface area contributed by atoms with E-state index in [1.165, 1.54) is 0 Å². The lowest BCUT2D eigenvalue weighted by atomic mass is 10.4. The van der Waals surface area contributed by atoms with Gasteiger partial charge in [0.15, 0.2) is 5.76 Å². The van der Waals surface area contributed by atoms with Gasteiger partial charge in [0, 0.05) is 6.54 Å². The largest absolute Gasteiger partial charge is 0.461 e. The first-order chi connectivity index (χ1) is 8.33. The summed E-state index contributed by atoms with van der Waals surface area (Å²) in [6.07, 6.45) is 1.56. The number of aromatic nitrogens is 2. The molecule has 0 saturated carbocycles. The van der Waals surface area contributed by atoms with Gasteiger partial charge in [0.05, 0.1) is 19.4 Å². The zero-order valence-corrected chi connectivity index (χ0v) is 9.67. The van der Waals surface area contributed by atoms with Crippen LogP contribution in [0.25, 0.3) is 11.6 Å². The molecule has 0 aliphatic rings. The summed E-state index contributed by atoms with van der Waals surface area (Å²) in [5, 5.41) is 12.7. The van der Waals surface area contributed by atoms with Gasteiger partial charge in [-0.15, -0.1) is 0 Å². The Hall–Kier alpha value is -1.66. The summed E-state index contributed by atoms with van der Waals surface area (Å²) < 4.78 is 10.3. The van der Waals surface area contributed by atoms with E-state index in [0.29, 0.717) is 30.6 Å². The van der Waals surface area contributed by atoms with E-state index in [2.05, 4.69) is 10.1 Å². The molecule has 6 nitrogen and oxygen atoms in total. The van der Waals surface area contributed by atoms with E-state index in [1.54, 1.807) is 18.4 Å². The van der Waals surface area contributed by atoms with Gasteiger partial charge in [0.25, 0.3) is 0 Å². The fourth-order valence-electron chi connectivity index (χ4n) is 1.51. The molecule has 0 radical (unpaired) electrons. The minimum atomic E-state index is 0.118. The summed E-state index contributed by atoms with van der Waals surface area (Å²) in [6, 6.07) is 3.55. The quantitative estimate of drug-likeness (QED) is 0.812. The van der Waals surface area contributed by atoms with Crippen LogP contribution < -0.4 is 0 Å². The number of furan rings is 1. The molecular formula is C11H15N3O3. The Balaban J connectivity index is 2.03. The van der Waals surface area contributed by atoms with Gasteiger partial charge in [0.2, 0.25) is 11.7 Å². The Labute approximate surface area is 98.8 Å². The molecule has 0 atom stereocenters. The molecule has 1 N–H and O–H groups in total. The molecule has 0 aliphatic carbocycles. The molecule has 0 saturated heterocycles.